The van der Waals surface area contributed by atoms with Gasteiger partial charge in [0.1, 0.15) is 11.4 Å². The third kappa shape index (κ3) is 2.27. The Morgan fingerprint density at radius 2 is 1.92 bits per heavy atom. The van der Waals surface area contributed by atoms with Gasteiger partial charge in [-0.3, -0.25) is 0 Å². The van der Waals surface area contributed by atoms with Crippen molar-refractivity contribution in [1.82, 2.24) is 5.32 Å². The summed E-state index contributed by atoms with van der Waals surface area (Å²) >= 11 is 1.88. The van der Waals surface area contributed by atoms with Crippen molar-refractivity contribution in [3.63, 3.8) is 0 Å². The lowest BCUT2D eigenvalue weighted by Crippen LogP contribution is -2.44. The molecule has 2 nitrogen and oxygen atoms in total. The van der Waals surface area contributed by atoms with E-state index in [-0.39, 0.29) is 11.0 Å². The summed E-state index contributed by atoms with van der Waals surface area (Å²) in [6, 6.07) is 19.5. The largest absolute Gasteiger partial charge is 0.485 e. The van der Waals surface area contributed by atoms with Gasteiger partial charge in [0, 0.05) is 23.2 Å². The topological polar surface area (TPSA) is 21.3 Å². The summed E-state index contributed by atoms with van der Waals surface area (Å²) in [6.07, 6.45) is 5.05. The molecule has 5 rings (SSSR count). The molecule has 134 valence electrons. The highest BCUT2D eigenvalue weighted by Gasteiger charge is 2.74. The van der Waals surface area contributed by atoms with Gasteiger partial charge in [0.2, 0.25) is 0 Å². The molecule has 2 fully saturated rings. The summed E-state index contributed by atoms with van der Waals surface area (Å²) in [5.41, 5.74) is 0.0428. The summed E-state index contributed by atoms with van der Waals surface area (Å²) in [5.74, 6) is 1.71. The molecule has 2 atom stereocenters. The van der Waals surface area contributed by atoms with E-state index in [0.717, 1.165) is 18.7 Å². The molecule has 1 aromatic heterocycles. The van der Waals surface area contributed by atoms with Crippen molar-refractivity contribution < 1.29 is 4.74 Å². The number of ether oxygens (including phenoxy) is 1. The summed E-state index contributed by atoms with van der Waals surface area (Å²) < 4.78 is 6.99. The maximum Gasteiger partial charge on any atom is 0.128 e. The molecule has 0 spiro atoms. The number of fused-ring (bicyclic) bond motifs is 1. The molecule has 0 bridgehead atoms. The second kappa shape index (κ2) is 6.11. The van der Waals surface area contributed by atoms with Gasteiger partial charge in [-0.1, -0.05) is 48.9 Å². The van der Waals surface area contributed by atoms with Crippen LogP contribution < -0.4 is 10.1 Å². The maximum absolute atomic E-state index is 6.99. The molecule has 1 heterocycles. The predicted molar refractivity (Wildman–Crippen MR) is 109 cm³/mol. The third-order valence-electron chi connectivity index (χ3n) is 6.53. The second-order valence-electron chi connectivity index (χ2n) is 7.86. The molecule has 1 N–H and O–H groups in total. The molecule has 0 saturated heterocycles. The minimum atomic E-state index is -0.0662. The van der Waals surface area contributed by atoms with Crippen molar-refractivity contribution in [2.24, 2.45) is 5.92 Å². The van der Waals surface area contributed by atoms with Crippen molar-refractivity contribution >= 4 is 22.1 Å². The number of hydrogen-bond donors (Lipinski definition) is 1. The quantitative estimate of drug-likeness (QED) is 0.635. The van der Waals surface area contributed by atoms with Gasteiger partial charge >= 0.3 is 0 Å². The van der Waals surface area contributed by atoms with Crippen LogP contribution >= 0.6 is 11.3 Å². The van der Waals surface area contributed by atoms with Crippen molar-refractivity contribution in [1.29, 1.82) is 0 Å². The summed E-state index contributed by atoms with van der Waals surface area (Å²) in [7, 11) is 2.07. The zero-order valence-corrected chi connectivity index (χ0v) is 16.0. The standard InChI is InChI=1S/C23H25NOS/c1-24-16-22(21-13-6-14-26-21)15-23(22,18-9-5-10-18)25-20-12-4-8-17-7-2-3-11-19(17)20/h2-4,6-8,11-14,18,24H,5,9-10,15-16H2,1H3/t22-,23+/m1/s1. The molecule has 3 heteroatoms. The highest BCUT2D eigenvalue weighted by molar-refractivity contribution is 7.10. The normalized spacial score (nSPS) is 28.0. The SMILES string of the molecule is CNC[C@@]1(c2cccs2)C[C@]1(Oc1cccc2ccccc12)C1CCC1. The highest BCUT2D eigenvalue weighted by atomic mass is 32.1. The van der Waals surface area contributed by atoms with E-state index in [0.29, 0.717) is 5.92 Å². The Labute approximate surface area is 159 Å². The van der Waals surface area contributed by atoms with Crippen LogP contribution in [-0.4, -0.2) is 19.2 Å². The van der Waals surface area contributed by atoms with Gasteiger partial charge in [0.05, 0.1) is 5.41 Å². The second-order valence-corrected chi connectivity index (χ2v) is 8.81. The first kappa shape index (κ1) is 16.3. The van der Waals surface area contributed by atoms with E-state index < -0.39 is 0 Å². The van der Waals surface area contributed by atoms with Gasteiger partial charge in [0.25, 0.3) is 0 Å². The molecule has 0 amide bonds. The van der Waals surface area contributed by atoms with Crippen LogP contribution in [0.1, 0.15) is 30.6 Å². The number of benzene rings is 2. The van der Waals surface area contributed by atoms with Gasteiger partial charge in [-0.05, 0) is 48.7 Å². The van der Waals surface area contributed by atoms with Crippen molar-refractivity contribution in [2.45, 2.75) is 36.7 Å². The highest BCUT2D eigenvalue weighted by Crippen LogP contribution is 2.67. The van der Waals surface area contributed by atoms with Gasteiger partial charge in [-0.15, -0.1) is 11.3 Å². The van der Waals surface area contributed by atoms with Crippen molar-refractivity contribution in [3.8, 4) is 5.75 Å². The minimum Gasteiger partial charge on any atom is -0.485 e. The molecular formula is C23H25NOS. The van der Waals surface area contributed by atoms with E-state index in [9.17, 15) is 0 Å². The van der Waals surface area contributed by atoms with Gasteiger partial charge in [0.15, 0.2) is 0 Å². The maximum atomic E-state index is 6.99. The Morgan fingerprint density at radius 3 is 2.65 bits per heavy atom. The summed E-state index contributed by atoms with van der Waals surface area (Å²) in [4.78, 5) is 1.47. The summed E-state index contributed by atoms with van der Waals surface area (Å²) in [5, 5.41) is 8.15. The first-order valence-corrected chi connectivity index (χ1v) is 10.5. The fraction of sp³-hybridized carbons (Fsp3) is 0.391. The molecule has 2 aliphatic rings. The molecule has 0 aliphatic heterocycles. The lowest BCUT2D eigenvalue weighted by Gasteiger charge is -2.38. The Hall–Kier alpha value is -1.84. The lowest BCUT2D eigenvalue weighted by atomic mass is 9.75. The minimum absolute atomic E-state index is 0.0662. The Bertz CT molecular complexity index is 912. The van der Waals surface area contributed by atoms with E-state index >= 15 is 0 Å². The van der Waals surface area contributed by atoms with Crippen LogP contribution in [0, 0.1) is 5.92 Å². The third-order valence-corrected chi connectivity index (χ3v) is 7.60. The molecule has 0 radical (unpaired) electrons. The van der Waals surface area contributed by atoms with E-state index in [2.05, 4.69) is 72.3 Å². The molecule has 3 aromatic rings. The van der Waals surface area contributed by atoms with Crippen LogP contribution in [0.2, 0.25) is 0 Å². The molecule has 26 heavy (non-hydrogen) atoms. The number of likely N-dealkylation sites (N-methyl/N-ethyl adjacent to an activating group) is 1. The van der Waals surface area contributed by atoms with E-state index in [4.69, 9.17) is 4.74 Å². The Balaban J connectivity index is 1.59. The Kier molecular flexibility index (Phi) is 3.84. The predicted octanol–water partition coefficient (Wildman–Crippen LogP) is 5.38. The monoisotopic (exact) mass is 363 g/mol. The fourth-order valence-electron chi connectivity index (χ4n) is 4.96. The van der Waals surface area contributed by atoms with E-state index in [1.165, 1.54) is 34.9 Å². The first-order chi connectivity index (χ1) is 12.8. The average Bonchev–Trinajstić information content (AvgIpc) is 2.97. The van der Waals surface area contributed by atoms with Gasteiger partial charge in [-0.25, -0.2) is 0 Å². The van der Waals surface area contributed by atoms with E-state index in [1.54, 1.807) is 0 Å². The van der Waals surface area contributed by atoms with Crippen LogP contribution in [0.15, 0.2) is 60.0 Å². The van der Waals surface area contributed by atoms with Crippen LogP contribution in [0.4, 0.5) is 0 Å². The zero-order chi connectivity index (χ0) is 17.6. The zero-order valence-electron chi connectivity index (χ0n) is 15.2. The van der Waals surface area contributed by atoms with E-state index in [1.807, 2.05) is 11.3 Å². The number of rotatable bonds is 6. The fourth-order valence-corrected chi connectivity index (χ4v) is 5.96. The van der Waals surface area contributed by atoms with Crippen LogP contribution in [0.3, 0.4) is 0 Å². The van der Waals surface area contributed by atoms with Crippen molar-refractivity contribution in [2.75, 3.05) is 13.6 Å². The average molecular weight is 364 g/mol. The smallest absolute Gasteiger partial charge is 0.128 e. The number of nitrogens with one attached hydrogen (secondary N) is 1. The lowest BCUT2D eigenvalue weighted by molar-refractivity contribution is 0.0413. The van der Waals surface area contributed by atoms with Crippen LogP contribution in [0.25, 0.3) is 10.8 Å². The van der Waals surface area contributed by atoms with Crippen LogP contribution in [-0.2, 0) is 5.41 Å². The van der Waals surface area contributed by atoms with Gasteiger partial charge < -0.3 is 10.1 Å². The van der Waals surface area contributed by atoms with Gasteiger partial charge in [-0.2, -0.15) is 0 Å². The molecule has 0 unspecified atom stereocenters. The molecule has 2 aliphatic carbocycles. The number of hydrogen-bond acceptors (Lipinski definition) is 3. The first-order valence-electron chi connectivity index (χ1n) is 9.64. The summed E-state index contributed by atoms with van der Waals surface area (Å²) in [6.45, 7) is 0.981. The molecule has 2 aromatic carbocycles. The number of thiophene rings is 1. The van der Waals surface area contributed by atoms with Crippen molar-refractivity contribution in [3.05, 3.63) is 64.9 Å². The Morgan fingerprint density at radius 1 is 1.08 bits per heavy atom. The van der Waals surface area contributed by atoms with Crippen LogP contribution in [0.5, 0.6) is 5.75 Å². The molecule has 2 saturated carbocycles. The molecular weight excluding hydrogens is 338 g/mol.